The molecule has 0 bridgehead atoms. The molecule has 0 aromatic heterocycles. The van der Waals surface area contributed by atoms with Crippen molar-refractivity contribution >= 4 is 12.0 Å². The topological polar surface area (TPSA) is 86.1 Å². The number of aldehydes is 1. The minimum atomic E-state index is -1.69. The van der Waals surface area contributed by atoms with E-state index in [2.05, 4.69) is 16.6 Å². The third kappa shape index (κ3) is 2.22. The number of nitrogens with zero attached hydrogens (tertiary/aromatic N) is 3. The van der Waals surface area contributed by atoms with E-state index in [4.69, 9.17) is 5.53 Å². The van der Waals surface area contributed by atoms with Gasteiger partial charge < -0.3 is 5.11 Å². The van der Waals surface area contributed by atoms with Crippen LogP contribution < -0.4 is 0 Å². The van der Waals surface area contributed by atoms with Crippen molar-refractivity contribution in [1.82, 2.24) is 0 Å². The molecule has 76 valence electrons. The number of rotatable bonds is 4. The summed E-state index contributed by atoms with van der Waals surface area (Å²) in [5.41, 5.74) is 7.29. The van der Waals surface area contributed by atoms with Crippen molar-refractivity contribution in [2.45, 2.75) is 5.60 Å². The second-order valence-electron chi connectivity index (χ2n) is 2.88. The summed E-state index contributed by atoms with van der Waals surface area (Å²) in [6.45, 7) is 3.38. The first-order chi connectivity index (χ1) is 7.16. The molecular weight excluding hydrogens is 194 g/mol. The van der Waals surface area contributed by atoms with Crippen molar-refractivity contribution < 1.29 is 9.90 Å². The van der Waals surface area contributed by atoms with Crippen LogP contribution in [0.15, 0.2) is 42.0 Å². The van der Waals surface area contributed by atoms with Crippen LogP contribution in [0.4, 0.5) is 5.69 Å². The Kier molecular flexibility index (Phi) is 3.23. The molecule has 1 N–H and O–H groups in total. The average Bonchev–Trinajstić information content (AvgIpc) is 2.29. The molecule has 0 heterocycles. The summed E-state index contributed by atoms with van der Waals surface area (Å²) in [4.78, 5) is 13.3. The SMILES string of the molecule is C=CC(O)(C=O)c1ccc(N=[N+]=[N-])cc1. The second kappa shape index (κ2) is 4.41. The maximum Gasteiger partial charge on any atom is 0.163 e. The van der Waals surface area contributed by atoms with Crippen molar-refractivity contribution in [2.24, 2.45) is 5.11 Å². The molecule has 0 aliphatic heterocycles. The molecule has 0 saturated carbocycles. The lowest BCUT2D eigenvalue weighted by atomic mass is 9.95. The highest BCUT2D eigenvalue weighted by Crippen LogP contribution is 2.22. The summed E-state index contributed by atoms with van der Waals surface area (Å²) in [5, 5.41) is 13.1. The Labute approximate surface area is 86.3 Å². The Bertz CT molecular complexity index is 411. The van der Waals surface area contributed by atoms with Crippen LogP contribution in [0, 0.1) is 0 Å². The van der Waals surface area contributed by atoms with E-state index in [-0.39, 0.29) is 0 Å². The highest BCUT2D eigenvalue weighted by molar-refractivity contribution is 5.69. The van der Waals surface area contributed by atoms with Crippen LogP contribution in [0.5, 0.6) is 0 Å². The predicted molar refractivity (Wildman–Crippen MR) is 55.4 cm³/mol. The Hall–Kier alpha value is -2.10. The molecule has 0 amide bonds. The lowest BCUT2D eigenvalue weighted by Gasteiger charge is -2.16. The second-order valence-corrected chi connectivity index (χ2v) is 2.88. The molecule has 1 rings (SSSR count). The molecule has 1 atom stereocenters. The highest BCUT2D eigenvalue weighted by atomic mass is 16.3. The van der Waals surface area contributed by atoms with E-state index in [1.807, 2.05) is 0 Å². The van der Waals surface area contributed by atoms with E-state index >= 15 is 0 Å². The molecule has 0 aliphatic rings. The van der Waals surface area contributed by atoms with Crippen LogP contribution in [0.2, 0.25) is 0 Å². The summed E-state index contributed by atoms with van der Waals surface area (Å²) in [7, 11) is 0. The number of carbonyl (C=O) groups excluding carboxylic acids is 1. The first-order valence-corrected chi connectivity index (χ1v) is 4.14. The fourth-order valence-electron chi connectivity index (χ4n) is 1.08. The van der Waals surface area contributed by atoms with Gasteiger partial charge in [0.25, 0.3) is 0 Å². The van der Waals surface area contributed by atoms with Crippen LogP contribution in [-0.4, -0.2) is 11.4 Å². The minimum absolute atomic E-state index is 0.379. The van der Waals surface area contributed by atoms with E-state index in [1.54, 1.807) is 0 Å². The number of hydrogen-bond acceptors (Lipinski definition) is 3. The Morgan fingerprint density at radius 1 is 1.47 bits per heavy atom. The molecule has 1 unspecified atom stereocenters. The van der Waals surface area contributed by atoms with E-state index in [1.165, 1.54) is 24.3 Å². The van der Waals surface area contributed by atoms with E-state index in [9.17, 15) is 9.90 Å². The van der Waals surface area contributed by atoms with Crippen LogP contribution in [0.1, 0.15) is 5.56 Å². The molecule has 1 aromatic rings. The highest BCUT2D eigenvalue weighted by Gasteiger charge is 2.23. The third-order valence-electron chi connectivity index (χ3n) is 1.98. The summed E-state index contributed by atoms with van der Waals surface area (Å²) < 4.78 is 0. The lowest BCUT2D eigenvalue weighted by Crippen LogP contribution is -2.23. The molecule has 0 aliphatic carbocycles. The summed E-state index contributed by atoms with van der Waals surface area (Å²) >= 11 is 0. The monoisotopic (exact) mass is 203 g/mol. The number of aliphatic hydroxyl groups is 1. The molecule has 1 aromatic carbocycles. The number of azide groups is 1. The van der Waals surface area contributed by atoms with Gasteiger partial charge in [-0.3, -0.25) is 4.79 Å². The zero-order valence-electron chi connectivity index (χ0n) is 7.87. The summed E-state index contributed by atoms with van der Waals surface area (Å²) in [5.74, 6) is 0. The van der Waals surface area contributed by atoms with Gasteiger partial charge in [-0.1, -0.05) is 36.0 Å². The summed E-state index contributed by atoms with van der Waals surface area (Å²) in [6.07, 6.45) is 1.53. The molecule has 0 saturated heterocycles. The minimum Gasteiger partial charge on any atom is -0.374 e. The maximum absolute atomic E-state index is 10.7. The van der Waals surface area contributed by atoms with Gasteiger partial charge >= 0.3 is 0 Å². The lowest BCUT2D eigenvalue weighted by molar-refractivity contribution is -0.120. The standard InChI is InChI=1S/C10H9N3O2/c1-2-10(15,7-14)8-3-5-9(6-4-8)12-13-11/h2-7,15H,1H2. The van der Waals surface area contributed by atoms with Gasteiger partial charge in [0, 0.05) is 10.6 Å². The van der Waals surface area contributed by atoms with E-state index in [0.29, 0.717) is 17.5 Å². The smallest absolute Gasteiger partial charge is 0.163 e. The van der Waals surface area contributed by atoms with Gasteiger partial charge in [0.1, 0.15) is 0 Å². The number of hydrogen-bond donors (Lipinski definition) is 1. The Morgan fingerprint density at radius 3 is 2.47 bits per heavy atom. The molecule has 5 nitrogen and oxygen atoms in total. The first-order valence-electron chi connectivity index (χ1n) is 4.14. The predicted octanol–water partition coefficient (Wildman–Crippen LogP) is 2.20. The van der Waals surface area contributed by atoms with Crippen LogP contribution >= 0.6 is 0 Å². The van der Waals surface area contributed by atoms with Crippen LogP contribution in [0.25, 0.3) is 10.4 Å². The van der Waals surface area contributed by atoms with Crippen molar-refractivity contribution in [1.29, 1.82) is 0 Å². The van der Waals surface area contributed by atoms with Gasteiger partial charge in [0.15, 0.2) is 11.9 Å². The van der Waals surface area contributed by atoms with Gasteiger partial charge in [0.2, 0.25) is 0 Å². The first kappa shape index (κ1) is 11.0. The number of carbonyl (C=O) groups is 1. The molecule has 0 spiro atoms. The molecule has 5 heteroatoms. The molecular formula is C10H9N3O2. The van der Waals surface area contributed by atoms with Crippen molar-refractivity contribution in [3.05, 3.63) is 52.9 Å². The van der Waals surface area contributed by atoms with Crippen LogP contribution in [-0.2, 0) is 10.4 Å². The average molecular weight is 203 g/mol. The Balaban J connectivity index is 3.12. The zero-order chi connectivity index (χ0) is 11.3. The summed E-state index contributed by atoms with van der Waals surface area (Å²) in [6, 6.07) is 6.01. The largest absolute Gasteiger partial charge is 0.374 e. The molecule has 15 heavy (non-hydrogen) atoms. The number of benzene rings is 1. The van der Waals surface area contributed by atoms with E-state index in [0.717, 1.165) is 6.08 Å². The van der Waals surface area contributed by atoms with Gasteiger partial charge in [0.05, 0.1) is 0 Å². The van der Waals surface area contributed by atoms with Crippen molar-refractivity contribution in [3.8, 4) is 0 Å². The van der Waals surface area contributed by atoms with E-state index < -0.39 is 5.60 Å². The van der Waals surface area contributed by atoms with Crippen molar-refractivity contribution in [2.75, 3.05) is 0 Å². The van der Waals surface area contributed by atoms with Gasteiger partial charge in [-0.05, 0) is 17.2 Å². The molecule has 0 fully saturated rings. The van der Waals surface area contributed by atoms with Crippen molar-refractivity contribution in [3.63, 3.8) is 0 Å². The quantitative estimate of drug-likeness (QED) is 0.267. The van der Waals surface area contributed by atoms with Gasteiger partial charge in [-0.15, -0.1) is 0 Å². The fraction of sp³-hybridized carbons (Fsp3) is 0.100. The fourth-order valence-corrected chi connectivity index (χ4v) is 1.08. The molecule has 0 radical (unpaired) electrons. The maximum atomic E-state index is 10.7. The van der Waals surface area contributed by atoms with Gasteiger partial charge in [-0.25, -0.2) is 0 Å². The van der Waals surface area contributed by atoms with Crippen LogP contribution in [0.3, 0.4) is 0 Å². The zero-order valence-corrected chi connectivity index (χ0v) is 7.87. The van der Waals surface area contributed by atoms with Gasteiger partial charge in [-0.2, -0.15) is 0 Å². The third-order valence-corrected chi connectivity index (χ3v) is 1.98. The normalized spacial score (nSPS) is 13.4. The Morgan fingerprint density at radius 2 is 2.07 bits per heavy atom.